The fraction of sp³-hybridized carbons (Fsp3) is 0.269. The van der Waals surface area contributed by atoms with Gasteiger partial charge in [-0.2, -0.15) is 0 Å². The maximum absolute atomic E-state index is 13.6. The third-order valence-electron chi connectivity index (χ3n) is 5.73. The molecule has 0 bridgehead atoms. The number of nitrogens with zero attached hydrogens (tertiary/aromatic N) is 2. The van der Waals surface area contributed by atoms with Gasteiger partial charge in [0.15, 0.2) is 5.78 Å². The Hall–Kier alpha value is -3.12. The number of hydrogen-bond acceptors (Lipinski definition) is 4. The summed E-state index contributed by atoms with van der Waals surface area (Å²) in [5, 5.41) is 2.47. The van der Waals surface area contributed by atoms with Crippen LogP contribution < -0.4 is 5.56 Å². The summed E-state index contributed by atoms with van der Waals surface area (Å²) in [7, 11) is 0. The van der Waals surface area contributed by atoms with E-state index in [9.17, 15) is 14.0 Å². The number of Topliss-reactive ketones (excluding diaryl/α,β-unsaturated/α-hetero) is 1. The molecule has 32 heavy (non-hydrogen) atoms. The van der Waals surface area contributed by atoms with Crippen LogP contribution in [0.2, 0.25) is 0 Å². The van der Waals surface area contributed by atoms with E-state index in [-0.39, 0.29) is 29.1 Å². The van der Waals surface area contributed by atoms with Crippen molar-refractivity contribution in [2.24, 2.45) is 0 Å². The van der Waals surface area contributed by atoms with Crippen molar-refractivity contribution in [2.75, 3.05) is 0 Å². The van der Waals surface area contributed by atoms with Gasteiger partial charge in [0, 0.05) is 16.5 Å². The van der Waals surface area contributed by atoms with Crippen molar-refractivity contribution in [3.05, 3.63) is 86.5 Å². The van der Waals surface area contributed by atoms with E-state index in [4.69, 9.17) is 0 Å². The van der Waals surface area contributed by atoms with Crippen molar-refractivity contribution in [3.63, 3.8) is 0 Å². The molecule has 0 saturated heterocycles. The highest BCUT2D eigenvalue weighted by atomic mass is 32.1. The summed E-state index contributed by atoms with van der Waals surface area (Å²) < 4.78 is 15.0. The number of rotatable bonds is 4. The number of halogens is 1. The number of aromatic nitrogens is 2. The number of aryl methyl sites for hydroxylation is 2. The maximum Gasteiger partial charge on any atom is 0.263 e. The quantitative estimate of drug-likeness (QED) is 0.357. The van der Waals surface area contributed by atoms with Crippen molar-refractivity contribution >= 4 is 27.3 Å². The van der Waals surface area contributed by atoms with Gasteiger partial charge in [0.2, 0.25) is 0 Å². The topological polar surface area (TPSA) is 52.0 Å². The van der Waals surface area contributed by atoms with E-state index < -0.39 is 0 Å². The predicted molar refractivity (Wildman–Crippen MR) is 128 cm³/mol. The Labute approximate surface area is 190 Å². The van der Waals surface area contributed by atoms with E-state index in [1.165, 1.54) is 39.7 Å². The van der Waals surface area contributed by atoms with Gasteiger partial charge in [-0.25, -0.2) is 9.37 Å². The minimum absolute atomic E-state index is 0.0414. The Morgan fingerprint density at radius 1 is 1.09 bits per heavy atom. The number of ketones is 1. The molecule has 164 valence electrons. The smallest absolute Gasteiger partial charge is 0.263 e. The van der Waals surface area contributed by atoms with Crippen molar-refractivity contribution in [3.8, 4) is 11.1 Å². The molecule has 4 nitrogen and oxygen atoms in total. The van der Waals surface area contributed by atoms with Crippen molar-refractivity contribution < 1.29 is 9.18 Å². The fourth-order valence-corrected chi connectivity index (χ4v) is 4.71. The highest BCUT2D eigenvalue weighted by molar-refractivity contribution is 7.17. The number of benzene rings is 2. The van der Waals surface area contributed by atoms with Crippen LogP contribution in [0.1, 0.15) is 48.1 Å². The molecule has 2 aromatic carbocycles. The Kier molecular flexibility index (Phi) is 5.59. The molecule has 0 N–H and O–H groups in total. The molecule has 2 heterocycles. The van der Waals surface area contributed by atoms with Gasteiger partial charge >= 0.3 is 0 Å². The van der Waals surface area contributed by atoms with Crippen LogP contribution in [-0.2, 0) is 12.0 Å². The highest BCUT2D eigenvalue weighted by Gasteiger charge is 2.19. The molecular weight excluding hydrogens is 423 g/mol. The summed E-state index contributed by atoms with van der Waals surface area (Å²) in [6.07, 6.45) is 0. The lowest BCUT2D eigenvalue weighted by Crippen LogP contribution is -2.27. The molecule has 2 aromatic heterocycles. The molecule has 0 atom stereocenters. The molecular formula is C26H25FN2O2S. The van der Waals surface area contributed by atoms with Gasteiger partial charge in [0.05, 0.1) is 11.9 Å². The summed E-state index contributed by atoms with van der Waals surface area (Å²) >= 11 is 1.42. The van der Waals surface area contributed by atoms with Gasteiger partial charge in [-0.1, -0.05) is 45.0 Å². The van der Waals surface area contributed by atoms with Gasteiger partial charge in [-0.15, -0.1) is 11.3 Å². The van der Waals surface area contributed by atoms with Crippen LogP contribution in [0.4, 0.5) is 4.39 Å². The Morgan fingerprint density at radius 3 is 2.41 bits per heavy atom. The zero-order valence-corrected chi connectivity index (χ0v) is 19.6. The lowest BCUT2D eigenvalue weighted by molar-refractivity contribution is 0.0969. The molecule has 0 amide bonds. The molecule has 0 spiro atoms. The van der Waals surface area contributed by atoms with Crippen molar-refractivity contribution in [1.29, 1.82) is 0 Å². The van der Waals surface area contributed by atoms with Crippen LogP contribution >= 0.6 is 11.3 Å². The molecule has 0 fully saturated rings. The molecule has 4 rings (SSSR count). The molecule has 0 aliphatic carbocycles. The number of fused-ring (bicyclic) bond motifs is 1. The minimum atomic E-state index is -0.363. The standard InChI is InChI=1S/C26H25FN2O2S/c1-15-12-18(8-11-21(15)27)22(30)13-29-16(2)28-24-23(25(29)31)20(14-32-24)17-6-9-19(10-7-17)26(3,4)5/h6-12,14H,13H2,1-5H3. The molecule has 0 aliphatic heterocycles. The zero-order chi connectivity index (χ0) is 23.2. The molecule has 4 aromatic rings. The van der Waals surface area contributed by atoms with Crippen LogP contribution in [0, 0.1) is 19.7 Å². The van der Waals surface area contributed by atoms with E-state index in [0.29, 0.717) is 27.2 Å². The lowest BCUT2D eigenvalue weighted by Gasteiger charge is -2.19. The van der Waals surface area contributed by atoms with Gasteiger partial charge in [-0.3, -0.25) is 14.2 Å². The van der Waals surface area contributed by atoms with Crippen LogP contribution in [-0.4, -0.2) is 15.3 Å². The monoisotopic (exact) mass is 448 g/mol. The number of thiophene rings is 1. The summed E-state index contributed by atoms with van der Waals surface area (Å²) in [5.41, 5.74) is 3.55. The van der Waals surface area contributed by atoms with Gasteiger partial charge in [0.25, 0.3) is 5.56 Å². The third kappa shape index (κ3) is 4.02. The molecule has 0 unspecified atom stereocenters. The van der Waals surface area contributed by atoms with E-state index in [2.05, 4.69) is 37.9 Å². The van der Waals surface area contributed by atoms with Crippen molar-refractivity contribution in [2.45, 2.75) is 46.6 Å². The molecule has 6 heteroatoms. The summed E-state index contributed by atoms with van der Waals surface area (Å²) in [6.45, 7) is 9.67. The predicted octanol–water partition coefficient (Wildman–Crippen LogP) is 6.06. The Morgan fingerprint density at radius 2 is 1.78 bits per heavy atom. The average Bonchev–Trinajstić information content (AvgIpc) is 3.16. The first-order valence-electron chi connectivity index (χ1n) is 10.4. The summed E-state index contributed by atoms with van der Waals surface area (Å²) in [6, 6.07) is 12.5. The molecule has 0 saturated carbocycles. The van der Waals surface area contributed by atoms with E-state index in [1.807, 2.05) is 17.5 Å². The molecule has 0 aliphatic rings. The largest absolute Gasteiger partial charge is 0.292 e. The van der Waals surface area contributed by atoms with Gasteiger partial charge in [-0.05, 0) is 54.2 Å². The second-order valence-electron chi connectivity index (χ2n) is 9.09. The molecule has 0 radical (unpaired) electrons. The van der Waals surface area contributed by atoms with E-state index in [1.54, 1.807) is 13.8 Å². The second kappa shape index (κ2) is 8.10. The lowest BCUT2D eigenvalue weighted by atomic mass is 9.86. The maximum atomic E-state index is 13.6. The average molecular weight is 449 g/mol. The van der Waals surface area contributed by atoms with Gasteiger partial charge < -0.3 is 0 Å². The second-order valence-corrected chi connectivity index (χ2v) is 9.95. The fourth-order valence-electron chi connectivity index (χ4n) is 3.73. The summed E-state index contributed by atoms with van der Waals surface area (Å²) in [4.78, 5) is 31.5. The van der Waals surface area contributed by atoms with E-state index >= 15 is 0 Å². The summed E-state index contributed by atoms with van der Waals surface area (Å²) in [5.74, 6) is -0.143. The number of hydrogen-bond donors (Lipinski definition) is 0. The number of carbonyl (C=O) groups excluding carboxylic acids is 1. The SMILES string of the molecule is Cc1cc(C(=O)Cn2c(C)nc3scc(-c4ccc(C(C)(C)C)cc4)c3c2=O)ccc1F. The van der Waals surface area contributed by atoms with Crippen LogP contribution in [0.5, 0.6) is 0 Å². The first-order valence-corrected chi connectivity index (χ1v) is 11.3. The van der Waals surface area contributed by atoms with E-state index in [0.717, 1.165) is 11.1 Å². The van der Waals surface area contributed by atoms with Crippen molar-refractivity contribution in [1.82, 2.24) is 9.55 Å². The number of carbonyl (C=O) groups is 1. The zero-order valence-electron chi connectivity index (χ0n) is 18.8. The third-order valence-corrected chi connectivity index (χ3v) is 6.60. The van der Waals surface area contributed by atoms with Crippen LogP contribution in [0.15, 0.2) is 52.6 Å². The normalized spacial score (nSPS) is 11.8. The van der Waals surface area contributed by atoms with Crippen LogP contribution in [0.3, 0.4) is 0 Å². The van der Waals surface area contributed by atoms with Crippen LogP contribution in [0.25, 0.3) is 21.3 Å². The first-order chi connectivity index (χ1) is 15.1. The van der Waals surface area contributed by atoms with Gasteiger partial charge in [0.1, 0.15) is 16.5 Å². The Bertz CT molecular complexity index is 1390. The highest BCUT2D eigenvalue weighted by Crippen LogP contribution is 2.32. The Balaban J connectivity index is 1.76. The first kappa shape index (κ1) is 22.1. The minimum Gasteiger partial charge on any atom is -0.292 e.